The van der Waals surface area contributed by atoms with Gasteiger partial charge in [-0.25, -0.2) is 13.1 Å². The Morgan fingerprint density at radius 1 is 1.55 bits per heavy atom. The third kappa shape index (κ3) is 4.02. The molecule has 0 atom stereocenters. The third-order valence-electron chi connectivity index (χ3n) is 3.36. The molecule has 1 heterocycles. The maximum atomic E-state index is 12.2. The molecule has 1 saturated carbocycles. The number of nitrogens with two attached hydrogens (primary N) is 1. The third-order valence-corrected chi connectivity index (χ3v) is 7.09. The van der Waals surface area contributed by atoms with Gasteiger partial charge in [0.15, 0.2) is 0 Å². The Morgan fingerprint density at radius 2 is 2.25 bits per heavy atom. The van der Waals surface area contributed by atoms with Gasteiger partial charge in [0.2, 0.25) is 10.0 Å². The normalized spacial score (nSPS) is 16.0. The average Bonchev–Trinajstić information content (AvgIpc) is 3.17. The van der Waals surface area contributed by atoms with E-state index in [9.17, 15) is 8.42 Å². The van der Waals surface area contributed by atoms with Crippen molar-refractivity contribution in [1.82, 2.24) is 9.62 Å². The average molecular weight is 382 g/mol. The number of nitrogens with zero attached hydrogens (tertiary/aromatic N) is 1. The molecule has 1 aliphatic carbocycles. The number of halogens is 1. The van der Waals surface area contributed by atoms with Crippen molar-refractivity contribution in [1.29, 1.82) is 0 Å². The van der Waals surface area contributed by atoms with E-state index in [-0.39, 0.29) is 4.90 Å². The minimum atomic E-state index is -3.46. The Labute approximate surface area is 132 Å². The zero-order valence-electron chi connectivity index (χ0n) is 11.4. The first-order valence-corrected chi connectivity index (χ1v) is 9.79. The highest BCUT2D eigenvalue weighted by Gasteiger charge is 2.28. The second-order valence-electron chi connectivity index (χ2n) is 4.81. The second-order valence-corrected chi connectivity index (χ2v) is 9.00. The summed E-state index contributed by atoms with van der Waals surface area (Å²) >= 11 is 4.66. The summed E-state index contributed by atoms with van der Waals surface area (Å²) in [4.78, 5) is 3.46. The van der Waals surface area contributed by atoms with Crippen LogP contribution in [0.25, 0.3) is 0 Å². The molecule has 0 saturated heterocycles. The van der Waals surface area contributed by atoms with Crippen LogP contribution in [0.5, 0.6) is 0 Å². The molecule has 0 radical (unpaired) electrons. The van der Waals surface area contributed by atoms with Crippen molar-refractivity contribution in [3.8, 4) is 0 Å². The van der Waals surface area contributed by atoms with Gasteiger partial charge in [-0.3, -0.25) is 4.90 Å². The molecule has 0 aliphatic heterocycles. The lowest BCUT2D eigenvalue weighted by molar-refractivity contribution is 0.282. The SMILES string of the molecule is CCN(CCNS(=O)(=O)c1cc(CN)sc1Br)C1CC1. The van der Waals surface area contributed by atoms with Crippen molar-refractivity contribution >= 4 is 37.3 Å². The largest absolute Gasteiger partial charge is 0.326 e. The Morgan fingerprint density at radius 3 is 2.75 bits per heavy atom. The van der Waals surface area contributed by atoms with E-state index in [1.165, 1.54) is 24.2 Å². The van der Waals surface area contributed by atoms with Gasteiger partial charge in [0, 0.05) is 30.6 Å². The van der Waals surface area contributed by atoms with Gasteiger partial charge in [-0.15, -0.1) is 11.3 Å². The molecule has 0 aromatic carbocycles. The van der Waals surface area contributed by atoms with E-state index in [4.69, 9.17) is 5.73 Å². The summed E-state index contributed by atoms with van der Waals surface area (Å²) in [5.41, 5.74) is 5.54. The lowest BCUT2D eigenvalue weighted by Crippen LogP contribution is -2.36. The zero-order valence-corrected chi connectivity index (χ0v) is 14.7. The summed E-state index contributed by atoms with van der Waals surface area (Å²) < 4.78 is 27.8. The highest BCUT2D eigenvalue weighted by molar-refractivity contribution is 9.11. The van der Waals surface area contributed by atoms with Crippen molar-refractivity contribution in [3.05, 3.63) is 14.7 Å². The Kier molecular flexibility index (Phi) is 5.61. The van der Waals surface area contributed by atoms with E-state index in [1.807, 2.05) is 0 Å². The molecule has 1 aromatic rings. The standard InChI is InChI=1S/C12H20BrN3O2S2/c1-2-16(9-3-4-9)6-5-15-20(17,18)11-7-10(8-14)19-12(11)13/h7,9,15H,2-6,8,14H2,1H3. The van der Waals surface area contributed by atoms with Gasteiger partial charge in [-0.1, -0.05) is 6.92 Å². The molecule has 1 fully saturated rings. The van der Waals surface area contributed by atoms with Crippen LogP contribution in [0.15, 0.2) is 14.7 Å². The highest BCUT2D eigenvalue weighted by atomic mass is 79.9. The van der Waals surface area contributed by atoms with Crippen molar-refractivity contribution in [2.75, 3.05) is 19.6 Å². The molecule has 0 amide bonds. The van der Waals surface area contributed by atoms with Crippen molar-refractivity contribution in [3.63, 3.8) is 0 Å². The number of thiophene rings is 1. The maximum absolute atomic E-state index is 12.2. The van der Waals surface area contributed by atoms with Crippen LogP contribution in [0, 0.1) is 0 Å². The molecule has 3 N–H and O–H groups in total. The molecule has 0 unspecified atom stereocenters. The zero-order chi connectivity index (χ0) is 14.8. The molecule has 20 heavy (non-hydrogen) atoms. The van der Waals surface area contributed by atoms with E-state index in [0.29, 0.717) is 22.9 Å². The second kappa shape index (κ2) is 6.85. The maximum Gasteiger partial charge on any atom is 0.242 e. The number of hydrogen-bond donors (Lipinski definition) is 2. The predicted octanol–water partition coefficient (Wildman–Crippen LogP) is 1.73. The summed E-state index contributed by atoms with van der Waals surface area (Å²) in [5.74, 6) is 0. The van der Waals surface area contributed by atoms with Crippen LogP contribution < -0.4 is 10.5 Å². The smallest absolute Gasteiger partial charge is 0.242 e. The van der Waals surface area contributed by atoms with E-state index in [1.54, 1.807) is 6.07 Å². The molecular weight excluding hydrogens is 362 g/mol. The lowest BCUT2D eigenvalue weighted by Gasteiger charge is -2.19. The molecular formula is C12H20BrN3O2S2. The quantitative estimate of drug-likeness (QED) is 0.718. The van der Waals surface area contributed by atoms with Crippen LogP contribution in [-0.2, 0) is 16.6 Å². The fourth-order valence-corrected chi connectivity index (χ4v) is 5.70. The Hall–Kier alpha value is 0.01000. The number of nitrogens with one attached hydrogen (secondary N) is 1. The first-order valence-electron chi connectivity index (χ1n) is 6.70. The molecule has 5 nitrogen and oxygen atoms in total. The molecule has 114 valence electrons. The first kappa shape index (κ1) is 16.4. The fourth-order valence-electron chi connectivity index (χ4n) is 2.12. The van der Waals surface area contributed by atoms with Gasteiger partial charge < -0.3 is 5.73 Å². The van der Waals surface area contributed by atoms with Gasteiger partial charge in [0.05, 0.1) is 3.79 Å². The summed E-state index contributed by atoms with van der Waals surface area (Å²) in [6.07, 6.45) is 2.47. The number of sulfonamides is 1. The molecule has 0 spiro atoms. The summed E-state index contributed by atoms with van der Waals surface area (Å²) in [6.45, 7) is 4.62. The summed E-state index contributed by atoms with van der Waals surface area (Å²) in [7, 11) is -3.46. The molecule has 1 aromatic heterocycles. The highest BCUT2D eigenvalue weighted by Crippen LogP contribution is 2.31. The van der Waals surface area contributed by atoms with Crippen LogP contribution in [-0.4, -0.2) is 39.0 Å². The minimum Gasteiger partial charge on any atom is -0.326 e. The van der Waals surface area contributed by atoms with Gasteiger partial charge in [-0.2, -0.15) is 0 Å². The lowest BCUT2D eigenvalue weighted by atomic mass is 10.4. The molecule has 0 bridgehead atoms. The van der Waals surface area contributed by atoms with Crippen LogP contribution in [0.1, 0.15) is 24.6 Å². The number of likely N-dealkylation sites (N-methyl/N-ethyl adjacent to an activating group) is 1. The van der Waals surface area contributed by atoms with E-state index >= 15 is 0 Å². The van der Waals surface area contributed by atoms with Crippen LogP contribution in [0.4, 0.5) is 0 Å². The van der Waals surface area contributed by atoms with Crippen molar-refractivity contribution in [2.45, 2.75) is 37.2 Å². The Bertz CT molecular complexity index is 555. The minimum absolute atomic E-state index is 0.289. The van der Waals surface area contributed by atoms with E-state index in [0.717, 1.165) is 18.0 Å². The van der Waals surface area contributed by atoms with Crippen molar-refractivity contribution in [2.24, 2.45) is 5.73 Å². The number of hydrogen-bond acceptors (Lipinski definition) is 5. The topological polar surface area (TPSA) is 75.4 Å². The molecule has 2 rings (SSSR count). The fraction of sp³-hybridized carbons (Fsp3) is 0.667. The van der Waals surface area contributed by atoms with Crippen LogP contribution in [0.3, 0.4) is 0 Å². The monoisotopic (exact) mass is 381 g/mol. The predicted molar refractivity (Wildman–Crippen MR) is 85.4 cm³/mol. The van der Waals surface area contributed by atoms with Gasteiger partial charge in [-0.05, 0) is 41.4 Å². The first-order chi connectivity index (χ1) is 9.47. The van der Waals surface area contributed by atoms with E-state index in [2.05, 4.69) is 32.5 Å². The van der Waals surface area contributed by atoms with Crippen molar-refractivity contribution < 1.29 is 8.42 Å². The molecule has 8 heteroatoms. The Balaban J connectivity index is 1.94. The van der Waals surface area contributed by atoms with Gasteiger partial charge in [0.25, 0.3) is 0 Å². The van der Waals surface area contributed by atoms with Crippen LogP contribution >= 0.6 is 27.3 Å². The van der Waals surface area contributed by atoms with E-state index < -0.39 is 10.0 Å². The molecule has 1 aliphatic rings. The van der Waals surface area contributed by atoms with Gasteiger partial charge >= 0.3 is 0 Å². The van der Waals surface area contributed by atoms with Crippen LogP contribution in [0.2, 0.25) is 0 Å². The van der Waals surface area contributed by atoms with Gasteiger partial charge in [0.1, 0.15) is 4.90 Å². The summed E-state index contributed by atoms with van der Waals surface area (Å²) in [6, 6.07) is 2.29. The summed E-state index contributed by atoms with van der Waals surface area (Å²) in [5, 5.41) is 0. The number of rotatable bonds is 8.